The van der Waals surface area contributed by atoms with E-state index in [9.17, 15) is 10.1 Å². The molecule has 1 saturated heterocycles. The molecule has 180 valence electrons. The first-order chi connectivity index (χ1) is 17.0. The summed E-state index contributed by atoms with van der Waals surface area (Å²) in [5.74, 6) is 0.757. The summed E-state index contributed by atoms with van der Waals surface area (Å²) in [5.41, 5.74) is 3.16. The Labute approximate surface area is 203 Å². The molecule has 1 aromatic carbocycles. The first-order valence-corrected chi connectivity index (χ1v) is 11.2. The number of hydrogen-bond donors (Lipinski definition) is 2. The molecule has 35 heavy (non-hydrogen) atoms. The molecule has 1 amide bonds. The van der Waals surface area contributed by atoms with Crippen molar-refractivity contribution in [3.8, 4) is 23.2 Å². The number of nitrogens with one attached hydrogen (secondary N) is 2. The summed E-state index contributed by atoms with van der Waals surface area (Å²) in [5, 5.41) is 16.2. The maximum Gasteiger partial charge on any atom is 0.258 e. The maximum absolute atomic E-state index is 12.3. The van der Waals surface area contributed by atoms with Gasteiger partial charge in [-0.05, 0) is 43.2 Å². The lowest BCUT2D eigenvalue weighted by Gasteiger charge is -2.24. The molecular formula is C25H27N7O3. The summed E-state index contributed by atoms with van der Waals surface area (Å²) in [4.78, 5) is 27.0. The standard InChI is InChI=1S/C25H27N7O3/c1-32(2)24(33)19-5-7-22(30-23(19)34-3)31-25-27-11-8-21(29-25)16-4-6-20(17(14-16)15-26)28-18-9-12-35-13-10-18/h4-8,11,14,18,28H,9-10,12-13H2,1-3H3,(H,27,29,30,31). The normalized spacial score (nSPS) is 13.5. The highest BCUT2D eigenvalue weighted by Crippen LogP contribution is 2.27. The van der Waals surface area contributed by atoms with Crippen molar-refractivity contribution in [2.24, 2.45) is 0 Å². The number of nitrogens with zero attached hydrogens (tertiary/aromatic N) is 5. The number of carbonyl (C=O) groups excluding carboxylic acids is 1. The zero-order valence-electron chi connectivity index (χ0n) is 19.9. The summed E-state index contributed by atoms with van der Waals surface area (Å²) in [7, 11) is 4.79. The van der Waals surface area contributed by atoms with E-state index >= 15 is 0 Å². The van der Waals surface area contributed by atoms with Crippen LogP contribution in [0.5, 0.6) is 5.88 Å². The lowest BCUT2D eigenvalue weighted by atomic mass is 10.0. The molecule has 0 saturated carbocycles. The van der Waals surface area contributed by atoms with Crippen LogP contribution >= 0.6 is 0 Å². The molecule has 2 aromatic heterocycles. The quantitative estimate of drug-likeness (QED) is 0.530. The Hall–Kier alpha value is -4.23. The van der Waals surface area contributed by atoms with Gasteiger partial charge >= 0.3 is 0 Å². The number of carbonyl (C=O) groups is 1. The van der Waals surface area contributed by atoms with Gasteiger partial charge in [-0.25, -0.2) is 9.97 Å². The molecule has 0 bridgehead atoms. The van der Waals surface area contributed by atoms with Gasteiger partial charge in [-0.1, -0.05) is 6.07 Å². The van der Waals surface area contributed by atoms with Gasteiger partial charge in [0.25, 0.3) is 5.91 Å². The highest BCUT2D eigenvalue weighted by Gasteiger charge is 2.17. The topological polar surface area (TPSA) is 125 Å². The maximum atomic E-state index is 12.3. The van der Waals surface area contributed by atoms with Crippen molar-refractivity contribution in [2.75, 3.05) is 45.1 Å². The highest BCUT2D eigenvalue weighted by atomic mass is 16.5. The van der Waals surface area contributed by atoms with Crippen molar-refractivity contribution >= 4 is 23.4 Å². The minimum absolute atomic E-state index is 0.205. The summed E-state index contributed by atoms with van der Waals surface area (Å²) in [6.07, 6.45) is 3.46. The number of pyridine rings is 1. The molecule has 10 heteroatoms. The monoisotopic (exact) mass is 473 g/mol. The molecule has 0 spiro atoms. The van der Waals surface area contributed by atoms with Crippen molar-refractivity contribution < 1.29 is 14.3 Å². The fraction of sp³-hybridized carbons (Fsp3) is 0.320. The average Bonchev–Trinajstić information content (AvgIpc) is 2.89. The van der Waals surface area contributed by atoms with Gasteiger partial charge in [-0.3, -0.25) is 4.79 Å². The van der Waals surface area contributed by atoms with E-state index in [1.54, 1.807) is 38.5 Å². The zero-order valence-corrected chi connectivity index (χ0v) is 19.9. The van der Waals surface area contributed by atoms with Crippen LogP contribution in [0.4, 0.5) is 17.5 Å². The van der Waals surface area contributed by atoms with Crippen molar-refractivity contribution in [3.05, 3.63) is 53.7 Å². The number of benzene rings is 1. The van der Waals surface area contributed by atoms with E-state index in [2.05, 4.69) is 31.7 Å². The molecule has 1 aliphatic rings. The number of aromatic nitrogens is 3. The van der Waals surface area contributed by atoms with Crippen molar-refractivity contribution in [1.82, 2.24) is 19.9 Å². The Bertz CT molecular complexity index is 1250. The van der Waals surface area contributed by atoms with Gasteiger partial charge < -0.3 is 25.0 Å². The van der Waals surface area contributed by atoms with Crippen LogP contribution in [0.3, 0.4) is 0 Å². The third kappa shape index (κ3) is 5.65. The Morgan fingerprint density at radius 2 is 1.97 bits per heavy atom. The number of ether oxygens (including phenoxy) is 2. The Morgan fingerprint density at radius 3 is 2.69 bits per heavy atom. The Balaban J connectivity index is 1.54. The number of rotatable bonds is 7. The van der Waals surface area contributed by atoms with Crippen molar-refractivity contribution in [3.63, 3.8) is 0 Å². The Morgan fingerprint density at radius 1 is 1.17 bits per heavy atom. The van der Waals surface area contributed by atoms with E-state index in [1.165, 1.54) is 12.0 Å². The third-order valence-electron chi connectivity index (χ3n) is 5.60. The molecule has 10 nitrogen and oxygen atoms in total. The highest BCUT2D eigenvalue weighted by molar-refractivity contribution is 5.96. The second-order valence-electron chi connectivity index (χ2n) is 8.25. The van der Waals surface area contributed by atoms with Gasteiger partial charge in [0.1, 0.15) is 17.5 Å². The van der Waals surface area contributed by atoms with E-state index in [0.717, 1.165) is 37.3 Å². The average molecular weight is 474 g/mol. The largest absolute Gasteiger partial charge is 0.480 e. The minimum Gasteiger partial charge on any atom is -0.480 e. The van der Waals surface area contributed by atoms with Crippen LogP contribution in [0.25, 0.3) is 11.3 Å². The predicted octanol–water partition coefficient (Wildman–Crippen LogP) is 3.46. The van der Waals surface area contributed by atoms with E-state index in [4.69, 9.17) is 9.47 Å². The molecule has 1 fully saturated rings. The molecule has 4 rings (SSSR count). The third-order valence-corrected chi connectivity index (χ3v) is 5.60. The second-order valence-corrected chi connectivity index (χ2v) is 8.25. The number of methoxy groups -OCH3 is 1. The van der Waals surface area contributed by atoms with E-state index in [0.29, 0.717) is 34.6 Å². The first-order valence-electron chi connectivity index (χ1n) is 11.2. The molecule has 2 N–H and O–H groups in total. The molecule has 3 aromatic rings. The van der Waals surface area contributed by atoms with E-state index in [-0.39, 0.29) is 11.8 Å². The summed E-state index contributed by atoms with van der Waals surface area (Å²) >= 11 is 0. The lowest BCUT2D eigenvalue weighted by Crippen LogP contribution is -2.28. The molecule has 1 aliphatic heterocycles. The smallest absolute Gasteiger partial charge is 0.258 e. The number of amides is 1. The lowest BCUT2D eigenvalue weighted by molar-refractivity contribution is 0.0823. The van der Waals surface area contributed by atoms with Crippen LogP contribution < -0.4 is 15.4 Å². The summed E-state index contributed by atoms with van der Waals surface area (Å²) < 4.78 is 10.7. The Kier molecular flexibility index (Phi) is 7.38. The van der Waals surface area contributed by atoms with Crippen LogP contribution in [0, 0.1) is 11.3 Å². The second kappa shape index (κ2) is 10.8. The van der Waals surface area contributed by atoms with E-state index < -0.39 is 0 Å². The van der Waals surface area contributed by atoms with Crippen LogP contribution in [0.2, 0.25) is 0 Å². The van der Waals surface area contributed by atoms with Gasteiger partial charge in [-0.2, -0.15) is 10.2 Å². The van der Waals surface area contributed by atoms with E-state index in [1.807, 2.05) is 18.2 Å². The minimum atomic E-state index is -0.206. The molecule has 3 heterocycles. The fourth-order valence-electron chi connectivity index (χ4n) is 3.75. The zero-order chi connectivity index (χ0) is 24.8. The SMILES string of the molecule is COc1nc(Nc2nccc(-c3ccc(NC4CCOCC4)c(C#N)c3)n2)ccc1C(=O)N(C)C. The van der Waals surface area contributed by atoms with Gasteiger partial charge in [0, 0.05) is 45.1 Å². The molecular weight excluding hydrogens is 446 g/mol. The van der Waals surface area contributed by atoms with Crippen molar-refractivity contribution in [2.45, 2.75) is 18.9 Å². The van der Waals surface area contributed by atoms with Gasteiger partial charge in [0.2, 0.25) is 11.8 Å². The van der Waals surface area contributed by atoms with Gasteiger partial charge in [0.15, 0.2) is 0 Å². The number of nitriles is 1. The van der Waals surface area contributed by atoms with Crippen LogP contribution in [-0.2, 0) is 4.74 Å². The number of hydrogen-bond acceptors (Lipinski definition) is 9. The molecule has 0 aliphatic carbocycles. The van der Waals surface area contributed by atoms with Crippen LogP contribution in [-0.4, -0.2) is 66.2 Å². The molecule has 0 atom stereocenters. The number of anilines is 3. The predicted molar refractivity (Wildman–Crippen MR) is 132 cm³/mol. The van der Waals surface area contributed by atoms with Crippen LogP contribution in [0.15, 0.2) is 42.6 Å². The molecule has 0 unspecified atom stereocenters. The fourth-order valence-corrected chi connectivity index (χ4v) is 3.75. The van der Waals surface area contributed by atoms with Gasteiger partial charge in [-0.15, -0.1) is 0 Å². The first kappa shape index (κ1) is 23.9. The van der Waals surface area contributed by atoms with Crippen molar-refractivity contribution in [1.29, 1.82) is 5.26 Å². The van der Waals surface area contributed by atoms with Crippen LogP contribution in [0.1, 0.15) is 28.8 Å². The summed E-state index contributed by atoms with van der Waals surface area (Å²) in [6.45, 7) is 1.45. The molecule has 0 radical (unpaired) electrons. The van der Waals surface area contributed by atoms with Gasteiger partial charge in [0.05, 0.1) is 24.1 Å². The summed E-state index contributed by atoms with van der Waals surface area (Å²) in [6, 6.07) is 13.3.